The van der Waals surface area contributed by atoms with Gasteiger partial charge >= 0.3 is 0 Å². The lowest BCUT2D eigenvalue weighted by Gasteiger charge is -2.13. The zero-order valence-electron chi connectivity index (χ0n) is 9.29. The fraction of sp³-hybridized carbons (Fsp3) is 0.500. The molecule has 0 heterocycles. The third-order valence-electron chi connectivity index (χ3n) is 2.47. The third-order valence-corrected chi connectivity index (χ3v) is 2.96. The van der Waals surface area contributed by atoms with Gasteiger partial charge in [-0.1, -0.05) is 22.9 Å². The Bertz CT molecular complexity index is 314. The van der Waals surface area contributed by atoms with Crippen LogP contribution in [0.25, 0.3) is 0 Å². The quantitative estimate of drug-likeness (QED) is 0.894. The lowest BCUT2D eigenvalue weighted by Crippen LogP contribution is -2.08. The van der Waals surface area contributed by atoms with Crippen LogP contribution in [0.5, 0.6) is 5.75 Å². The summed E-state index contributed by atoms with van der Waals surface area (Å²) in [5, 5.41) is 0. The Hall–Kier alpha value is -0.540. The van der Waals surface area contributed by atoms with Gasteiger partial charge in [-0.15, -0.1) is 0 Å². The van der Waals surface area contributed by atoms with Crippen molar-refractivity contribution in [2.45, 2.75) is 19.8 Å². The minimum atomic E-state index is 0.596. The van der Waals surface area contributed by atoms with E-state index in [2.05, 4.69) is 28.9 Å². The van der Waals surface area contributed by atoms with Gasteiger partial charge in [0, 0.05) is 4.47 Å². The number of hydrogen-bond acceptors (Lipinski definition) is 2. The van der Waals surface area contributed by atoms with Crippen molar-refractivity contribution in [3.63, 3.8) is 0 Å². The number of methoxy groups -OCH3 is 1. The van der Waals surface area contributed by atoms with Gasteiger partial charge in [-0.3, -0.25) is 0 Å². The molecule has 2 N–H and O–H groups in total. The van der Waals surface area contributed by atoms with Crippen LogP contribution in [0.15, 0.2) is 22.7 Å². The van der Waals surface area contributed by atoms with Crippen LogP contribution in [0.3, 0.4) is 0 Å². The molecule has 0 aromatic heterocycles. The molecule has 1 aromatic rings. The van der Waals surface area contributed by atoms with Gasteiger partial charge in [0.05, 0.1) is 7.11 Å². The molecule has 1 aromatic carbocycles. The molecule has 0 aliphatic carbocycles. The van der Waals surface area contributed by atoms with Crippen molar-refractivity contribution in [1.82, 2.24) is 0 Å². The minimum absolute atomic E-state index is 0.596. The van der Waals surface area contributed by atoms with E-state index in [1.165, 1.54) is 5.56 Å². The van der Waals surface area contributed by atoms with E-state index in [9.17, 15) is 0 Å². The summed E-state index contributed by atoms with van der Waals surface area (Å²) < 4.78 is 6.42. The van der Waals surface area contributed by atoms with E-state index in [0.717, 1.165) is 29.6 Å². The van der Waals surface area contributed by atoms with E-state index in [0.29, 0.717) is 5.92 Å². The molecule has 0 radical (unpaired) electrons. The molecule has 0 saturated heterocycles. The fourth-order valence-corrected chi connectivity index (χ4v) is 2.08. The van der Waals surface area contributed by atoms with Gasteiger partial charge < -0.3 is 10.5 Å². The number of halogens is 1. The van der Waals surface area contributed by atoms with E-state index in [1.54, 1.807) is 7.11 Å². The van der Waals surface area contributed by atoms with Crippen LogP contribution in [-0.2, 0) is 6.42 Å². The third kappa shape index (κ3) is 3.84. The molecule has 15 heavy (non-hydrogen) atoms. The first kappa shape index (κ1) is 12.5. The Morgan fingerprint density at radius 1 is 1.47 bits per heavy atom. The first-order valence-corrected chi connectivity index (χ1v) is 5.99. The highest BCUT2D eigenvalue weighted by Gasteiger charge is 2.08. The Labute approximate surface area is 99.9 Å². The second-order valence-corrected chi connectivity index (χ2v) is 4.76. The SMILES string of the molecule is COc1ccc(Br)cc1CC(C)CCN. The van der Waals surface area contributed by atoms with E-state index in [-0.39, 0.29) is 0 Å². The summed E-state index contributed by atoms with van der Waals surface area (Å²) in [6.45, 7) is 2.96. The van der Waals surface area contributed by atoms with Crippen molar-refractivity contribution in [2.75, 3.05) is 13.7 Å². The van der Waals surface area contributed by atoms with Gasteiger partial charge in [-0.25, -0.2) is 0 Å². The predicted octanol–water partition coefficient (Wildman–Crippen LogP) is 2.99. The standard InChI is InChI=1S/C12H18BrNO/c1-9(5-6-14)7-10-8-11(13)3-4-12(10)15-2/h3-4,8-9H,5-7,14H2,1-2H3. The maximum Gasteiger partial charge on any atom is 0.122 e. The molecule has 0 aliphatic rings. The average Bonchev–Trinajstić information content (AvgIpc) is 2.18. The van der Waals surface area contributed by atoms with Crippen LogP contribution < -0.4 is 10.5 Å². The van der Waals surface area contributed by atoms with Crippen molar-refractivity contribution in [3.05, 3.63) is 28.2 Å². The Morgan fingerprint density at radius 3 is 2.80 bits per heavy atom. The molecule has 0 saturated carbocycles. The number of nitrogens with two attached hydrogens (primary N) is 1. The summed E-state index contributed by atoms with van der Waals surface area (Å²) in [6, 6.07) is 6.11. The molecule has 3 heteroatoms. The van der Waals surface area contributed by atoms with Crippen LogP contribution in [-0.4, -0.2) is 13.7 Å². The summed E-state index contributed by atoms with van der Waals surface area (Å²) in [4.78, 5) is 0. The zero-order chi connectivity index (χ0) is 11.3. The van der Waals surface area contributed by atoms with Gasteiger partial charge in [0.2, 0.25) is 0 Å². The summed E-state index contributed by atoms with van der Waals surface area (Å²) in [5.41, 5.74) is 6.79. The second-order valence-electron chi connectivity index (χ2n) is 3.84. The van der Waals surface area contributed by atoms with Crippen LogP contribution in [0.4, 0.5) is 0 Å². The largest absolute Gasteiger partial charge is 0.496 e. The number of benzene rings is 1. The maximum atomic E-state index is 5.54. The van der Waals surface area contributed by atoms with Gasteiger partial charge in [-0.05, 0) is 49.1 Å². The Kier molecular flexibility index (Phi) is 5.12. The van der Waals surface area contributed by atoms with Crippen LogP contribution in [0.1, 0.15) is 18.9 Å². The molecular formula is C12H18BrNO. The highest BCUT2D eigenvalue weighted by atomic mass is 79.9. The summed E-state index contributed by atoms with van der Waals surface area (Å²) in [5.74, 6) is 1.56. The lowest BCUT2D eigenvalue weighted by atomic mass is 9.97. The summed E-state index contributed by atoms with van der Waals surface area (Å²) in [7, 11) is 1.71. The van der Waals surface area contributed by atoms with Gasteiger partial charge in [0.25, 0.3) is 0 Å². The van der Waals surface area contributed by atoms with Gasteiger partial charge in [-0.2, -0.15) is 0 Å². The first-order valence-electron chi connectivity index (χ1n) is 5.20. The van der Waals surface area contributed by atoms with Crippen LogP contribution in [0, 0.1) is 5.92 Å². The smallest absolute Gasteiger partial charge is 0.122 e. The molecule has 0 spiro atoms. The van der Waals surface area contributed by atoms with Crippen molar-refractivity contribution in [3.8, 4) is 5.75 Å². The highest BCUT2D eigenvalue weighted by Crippen LogP contribution is 2.25. The molecule has 1 unspecified atom stereocenters. The number of ether oxygens (including phenoxy) is 1. The first-order chi connectivity index (χ1) is 7.17. The molecular weight excluding hydrogens is 254 g/mol. The maximum absolute atomic E-state index is 5.54. The molecule has 0 amide bonds. The van der Waals surface area contributed by atoms with Gasteiger partial charge in [0.1, 0.15) is 5.75 Å². The molecule has 0 bridgehead atoms. The Morgan fingerprint density at radius 2 is 2.20 bits per heavy atom. The lowest BCUT2D eigenvalue weighted by molar-refractivity contribution is 0.404. The molecule has 0 fully saturated rings. The van der Waals surface area contributed by atoms with Gasteiger partial charge in [0.15, 0.2) is 0 Å². The van der Waals surface area contributed by atoms with Crippen LogP contribution >= 0.6 is 15.9 Å². The summed E-state index contributed by atoms with van der Waals surface area (Å²) >= 11 is 3.47. The normalized spacial score (nSPS) is 12.5. The van der Waals surface area contributed by atoms with E-state index in [1.807, 2.05) is 12.1 Å². The number of hydrogen-bond donors (Lipinski definition) is 1. The highest BCUT2D eigenvalue weighted by molar-refractivity contribution is 9.10. The van der Waals surface area contributed by atoms with Crippen molar-refractivity contribution in [1.29, 1.82) is 0 Å². The monoisotopic (exact) mass is 271 g/mol. The molecule has 0 aliphatic heterocycles. The molecule has 2 nitrogen and oxygen atoms in total. The number of rotatable bonds is 5. The second kappa shape index (κ2) is 6.13. The van der Waals surface area contributed by atoms with Crippen molar-refractivity contribution < 1.29 is 4.74 Å². The van der Waals surface area contributed by atoms with Crippen molar-refractivity contribution >= 4 is 15.9 Å². The van der Waals surface area contributed by atoms with E-state index in [4.69, 9.17) is 10.5 Å². The molecule has 84 valence electrons. The van der Waals surface area contributed by atoms with Crippen LogP contribution in [0.2, 0.25) is 0 Å². The average molecular weight is 272 g/mol. The topological polar surface area (TPSA) is 35.2 Å². The summed E-state index contributed by atoms with van der Waals surface area (Å²) in [6.07, 6.45) is 2.06. The fourth-order valence-electron chi connectivity index (χ4n) is 1.67. The zero-order valence-corrected chi connectivity index (χ0v) is 10.9. The molecule has 1 atom stereocenters. The van der Waals surface area contributed by atoms with Crippen molar-refractivity contribution in [2.24, 2.45) is 11.7 Å². The minimum Gasteiger partial charge on any atom is -0.496 e. The predicted molar refractivity (Wildman–Crippen MR) is 67.2 cm³/mol. The molecule has 1 rings (SSSR count). The van der Waals surface area contributed by atoms with E-state index < -0.39 is 0 Å². The Balaban J connectivity index is 2.77. The van der Waals surface area contributed by atoms with E-state index >= 15 is 0 Å².